The van der Waals surface area contributed by atoms with E-state index in [-0.39, 0.29) is 36.6 Å². The van der Waals surface area contributed by atoms with Gasteiger partial charge in [0.05, 0.1) is 60.9 Å². The number of aliphatic hydroxyl groups is 5. The molecule has 15 nitrogen and oxygen atoms in total. The van der Waals surface area contributed by atoms with Crippen molar-refractivity contribution in [2.24, 2.45) is 46.8 Å². The molecule has 4 bridgehead atoms. The van der Waals surface area contributed by atoms with E-state index in [9.17, 15) is 39.9 Å². The van der Waals surface area contributed by atoms with E-state index in [0.717, 1.165) is 6.42 Å². The Kier molecular flexibility index (Phi) is 10.1. The van der Waals surface area contributed by atoms with Gasteiger partial charge in [-0.2, -0.15) is 0 Å². The highest BCUT2D eigenvalue weighted by Crippen LogP contribution is 2.77. The first-order valence-corrected chi connectivity index (χ1v) is 21.0. The molecule has 4 saturated carbocycles. The first-order chi connectivity index (χ1) is 27.2. The van der Waals surface area contributed by atoms with Gasteiger partial charge in [0.1, 0.15) is 11.7 Å². The number of carbonyl (C=O) groups excluding carboxylic acids is 3. The van der Waals surface area contributed by atoms with Crippen molar-refractivity contribution < 1.29 is 68.3 Å². The fourth-order valence-corrected chi connectivity index (χ4v) is 13.6. The summed E-state index contributed by atoms with van der Waals surface area (Å²) in [6, 6.07) is 4.23. The lowest BCUT2D eigenvalue weighted by Gasteiger charge is -2.64. The van der Waals surface area contributed by atoms with Crippen LogP contribution in [0.1, 0.15) is 90.4 Å². The third kappa shape index (κ3) is 5.52. The summed E-state index contributed by atoms with van der Waals surface area (Å²) < 4.78 is 36.0. The maximum absolute atomic E-state index is 13.8. The lowest BCUT2D eigenvalue weighted by atomic mass is 9.48. The Hall–Kier alpha value is -3.05. The molecule has 3 heterocycles. The number of fused-ring (bicyclic) bond motifs is 5. The molecule has 8 rings (SSSR count). The van der Waals surface area contributed by atoms with Crippen molar-refractivity contribution in [3.05, 3.63) is 23.8 Å². The molecule has 322 valence electrons. The highest BCUT2D eigenvalue weighted by molar-refractivity contribution is 5.90. The molecule has 1 aromatic rings. The van der Waals surface area contributed by atoms with Gasteiger partial charge in [0, 0.05) is 37.4 Å². The fraction of sp³-hybridized carbons (Fsp3) is 0.791. The van der Waals surface area contributed by atoms with Crippen molar-refractivity contribution in [2.75, 3.05) is 27.3 Å². The molecule has 0 amide bonds. The number of esters is 3. The third-order valence-corrected chi connectivity index (χ3v) is 16.2. The minimum atomic E-state index is -2.33. The van der Waals surface area contributed by atoms with Gasteiger partial charge in [0.15, 0.2) is 23.7 Å². The Labute approximate surface area is 339 Å². The zero-order valence-electron chi connectivity index (χ0n) is 34.8. The quantitative estimate of drug-likeness (QED) is 0.188. The lowest BCUT2D eigenvalue weighted by molar-refractivity contribution is -0.300. The smallest absolute Gasteiger partial charge is 0.338 e. The van der Waals surface area contributed by atoms with Crippen LogP contribution in [0.5, 0.6) is 11.5 Å². The number of hydrogen-bond donors (Lipinski definition) is 5. The number of aliphatic hydroxyl groups excluding tert-OH is 2. The molecular weight excluding hydrogens is 754 g/mol. The van der Waals surface area contributed by atoms with Gasteiger partial charge in [-0.05, 0) is 81.4 Å². The van der Waals surface area contributed by atoms with Crippen LogP contribution in [0.4, 0.5) is 0 Å². The van der Waals surface area contributed by atoms with Crippen LogP contribution >= 0.6 is 0 Å². The normalized spacial score (nSPS) is 48.0. The van der Waals surface area contributed by atoms with E-state index in [1.54, 1.807) is 19.9 Å². The van der Waals surface area contributed by atoms with E-state index < -0.39 is 112 Å². The van der Waals surface area contributed by atoms with Gasteiger partial charge in [-0.25, -0.2) is 4.79 Å². The van der Waals surface area contributed by atoms with Crippen molar-refractivity contribution in [2.45, 2.75) is 139 Å². The predicted molar refractivity (Wildman–Crippen MR) is 203 cm³/mol. The summed E-state index contributed by atoms with van der Waals surface area (Å²) in [5.41, 5.74) is -6.23. The van der Waals surface area contributed by atoms with Gasteiger partial charge < -0.3 is 54.0 Å². The van der Waals surface area contributed by atoms with E-state index in [0.29, 0.717) is 37.6 Å². The summed E-state index contributed by atoms with van der Waals surface area (Å²) in [6.45, 7) is 11.6. The molecule has 0 radical (unpaired) electrons. The van der Waals surface area contributed by atoms with Crippen LogP contribution in [-0.2, 0) is 28.5 Å². The number of benzene rings is 1. The zero-order valence-corrected chi connectivity index (χ0v) is 34.8. The average molecular weight is 816 g/mol. The van der Waals surface area contributed by atoms with Gasteiger partial charge in [0.25, 0.3) is 0 Å². The molecule has 15 heteroatoms. The highest BCUT2D eigenvalue weighted by Gasteiger charge is 2.89. The van der Waals surface area contributed by atoms with Gasteiger partial charge in [-0.3, -0.25) is 14.5 Å². The second-order valence-corrected chi connectivity index (χ2v) is 19.1. The molecule has 0 aromatic heterocycles. The number of piperidine rings is 2. The van der Waals surface area contributed by atoms with Crippen molar-refractivity contribution in [3.8, 4) is 11.5 Å². The molecule has 1 spiro atoms. The molecule has 5 N–H and O–H groups in total. The zero-order chi connectivity index (χ0) is 42.1. The second-order valence-electron chi connectivity index (χ2n) is 19.1. The van der Waals surface area contributed by atoms with Crippen LogP contribution < -0.4 is 9.47 Å². The molecular formula is C43H61NO14. The summed E-state index contributed by atoms with van der Waals surface area (Å²) in [7, 11) is 2.90. The summed E-state index contributed by atoms with van der Waals surface area (Å²) in [5.74, 6) is -8.87. The molecule has 3 saturated heterocycles. The minimum Gasteiger partial charge on any atom is -0.493 e. The van der Waals surface area contributed by atoms with Crippen molar-refractivity contribution in [3.63, 3.8) is 0 Å². The lowest BCUT2D eigenvalue weighted by Crippen LogP contribution is -2.78. The van der Waals surface area contributed by atoms with Crippen LogP contribution in [-0.4, -0.2) is 135 Å². The summed E-state index contributed by atoms with van der Waals surface area (Å²) in [6.07, 6.45) is -5.23. The topological polar surface area (TPSA) is 211 Å². The first-order valence-electron chi connectivity index (χ1n) is 21.0. The molecule has 1 aromatic carbocycles. The maximum atomic E-state index is 13.8. The van der Waals surface area contributed by atoms with Gasteiger partial charge in [-0.15, -0.1) is 0 Å². The van der Waals surface area contributed by atoms with E-state index in [4.69, 9.17) is 28.4 Å². The SMILES string of the molecule is CC[C@@H](C)C(=O)O[C@H]1[C@H](O)[C@H]2[C@@H](CN3C[C@@H](C)CC[C@H]3[C@@]2(C)O)[C@@H]2C[C@]34O[C@]5(O)[C@@H](OC(=O)c6ccc(OC)c(OC)c6)CC[C@@]3(C)[C@@H]5[C@@H](OC(C)=O)[C@@H](O)[C@H]4[C@@]21O. The van der Waals surface area contributed by atoms with Crippen LogP contribution in [0, 0.1) is 46.8 Å². The van der Waals surface area contributed by atoms with E-state index in [2.05, 4.69) is 11.8 Å². The first kappa shape index (κ1) is 41.7. The van der Waals surface area contributed by atoms with E-state index in [1.807, 2.05) is 13.8 Å². The molecule has 58 heavy (non-hydrogen) atoms. The maximum Gasteiger partial charge on any atom is 0.338 e. The Morgan fingerprint density at radius 2 is 1.66 bits per heavy atom. The molecule has 4 aliphatic carbocycles. The van der Waals surface area contributed by atoms with Crippen molar-refractivity contribution in [1.82, 2.24) is 4.90 Å². The summed E-state index contributed by atoms with van der Waals surface area (Å²) in [4.78, 5) is 42.7. The number of methoxy groups -OCH3 is 2. The Balaban J connectivity index is 1.26. The number of ether oxygens (including phenoxy) is 6. The van der Waals surface area contributed by atoms with Crippen LogP contribution in [0.2, 0.25) is 0 Å². The van der Waals surface area contributed by atoms with Crippen LogP contribution in [0.15, 0.2) is 18.2 Å². The number of hydrogen-bond acceptors (Lipinski definition) is 15. The third-order valence-electron chi connectivity index (χ3n) is 16.2. The summed E-state index contributed by atoms with van der Waals surface area (Å²) in [5, 5.41) is 64.5. The molecule has 3 aliphatic heterocycles. The predicted octanol–water partition coefficient (Wildman–Crippen LogP) is 2.21. The molecule has 7 fully saturated rings. The van der Waals surface area contributed by atoms with Crippen molar-refractivity contribution in [1.29, 1.82) is 0 Å². The summed E-state index contributed by atoms with van der Waals surface area (Å²) >= 11 is 0. The number of nitrogens with zero attached hydrogens (tertiary/aromatic N) is 1. The van der Waals surface area contributed by atoms with Gasteiger partial charge in [-0.1, -0.05) is 27.7 Å². The Morgan fingerprint density at radius 1 is 0.948 bits per heavy atom. The molecule has 0 unspecified atom stereocenters. The fourth-order valence-electron chi connectivity index (χ4n) is 13.6. The largest absolute Gasteiger partial charge is 0.493 e. The van der Waals surface area contributed by atoms with Gasteiger partial charge >= 0.3 is 17.9 Å². The minimum absolute atomic E-state index is 0.0408. The Morgan fingerprint density at radius 3 is 2.31 bits per heavy atom. The number of rotatable bonds is 8. The van der Waals surface area contributed by atoms with Crippen LogP contribution in [0.25, 0.3) is 0 Å². The Bertz CT molecular complexity index is 1820. The average Bonchev–Trinajstić information content (AvgIpc) is 3.48. The van der Waals surface area contributed by atoms with Crippen molar-refractivity contribution >= 4 is 17.9 Å². The van der Waals surface area contributed by atoms with E-state index in [1.165, 1.54) is 33.3 Å². The van der Waals surface area contributed by atoms with E-state index >= 15 is 0 Å². The van der Waals surface area contributed by atoms with Gasteiger partial charge in [0.2, 0.25) is 5.79 Å². The monoisotopic (exact) mass is 815 g/mol. The molecule has 7 aliphatic rings. The highest BCUT2D eigenvalue weighted by atomic mass is 16.7. The molecule has 18 atom stereocenters. The number of carbonyl (C=O) groups is 3. The van der Waals surface area contributed by atoms with Crippen LogP contribution in [0.3, 0.4) is 0 Å². The second kappa shape index (κ2) is 14.0. The standard InChI is InChI=1S/C43H61NO14/c1-9-21(3)37(48)57-36-31(46)30-24(19-44-18-20(2)10-13-28(44)40(30,6)50)25-17-41-34(42(25,36)51)32(47)33(55-22(4)45)35-39(41,5)15-14-29(43(35,52)58-41)56-38(49)23-11-12-26(53-7)27(16-23)54-8/h11-12,16,20-21,24-25,28-36,46-47,50-52H,9-10,13-15,17-19H2,1-8H3/t20-,21+,24-,25-,28-,29-,30+,31+,32+,33-,34+,35-,36-,39-,40+,41+,42-,43+/m0/s1.